The average molecular weight is 387 g/mol. The highest BCUT2D eigenvalue weighted by Crippen LogP contribution is 2.45. The van der Waals surface area contributed by atoms with Gasteiger partial charge in [0.25, 0.3) is 5.91 Å². The van der Waals surface area contributed by atoms with Crippen LogP contribution in [0.5, 0.6) is 0 Å². The number of carbonyl (C=O) groups is 2. The predicted octanol–water partition coefficient (Wildman–Crippen LogP) is 1.98. The molecule has 2 aliphatic rings. The van der Waals surface area contributed by atoms with Crippen molar-refractivity contribution < 1.29 is 14.9 Å². The van der Waals surface area contributed by atoms with Gasteiger partial charge in [-0.05, 0) is 43.1 Å². The Labute approximate surface area is 169 Å². The molecule has 0 saturated heterocycles. The van der Waals surface area contributed by atoms with Crippen LogP contribution in [0.25, 0.3) is 0 Å². The Balaban J connectivity index is 1.58. The van der Waals surface area contributed by atoms with Crippen LogP contribution in [-0.2, 0) is 16.1 Å². The van der Waals surface area contributed by atoms with E-state index in [4.69, 9.17) is 0 Å². The van der Waals surface area contributed by atoms with E-state index in [1.165, 1.54) is 6.42 Å². The highest BCUT2D eigenvalue weighted by Gasteiger charge is 2.42. The van der Waals surface area contributed by atoms with E-state index in [0.29, 0.717) is 18.4 Å². The van der Waals surface area contributed by atoms with Gasteiger partial charge in [-0.25, -0.2) is 0 Å². The number of rotatable bonds is 7. The monoisotopic (exact) mass is 386 g/mol. The van der Waals surface area contributed by atoms with Gasteiger partial charge in [0.15, 0.2) is 6.04 Å². The Morgan fingerprint density at radius 1 is 1.14 bits per heavy atom. The quantitative estimate of drug-likeness (QED) is 0.670. The Hall–Kier alpha value is -1.88. The number of quaternary nitrogens is 1. The molecule has 4 N–H and O–H groups in total. The molecule has 5 atom stereocenters. The van der Waals surface area contributed by atoms with Crippen LogP contribution in [0.15, 0.2) is 30.3 Å². The first kappa shape index (κ1) is 20.8. The van der Waals surface area contributed by atoms with Crippen molar-refractivity contribution >= 4 is 11.8 Å². The summed E-state index contributed by atoms with van der Waals surface area (Å²) in [5.74, 6) is 1.46. The SMILES string of the molecule is CCC([NH2+]C)C(=O)NC1CCCC2CCC(C(=O)NCc3ccccc3)C2C1. The Morgan fingerprint density at radius 3 is 2.64 bits per heavy atom. The lowest BCUT2D eigenvalue weighted by atomic mass is 9.84. The number of amides is 2. The number of likely N-dealkylation sites (N-methyl/N-ethyl adjacent to an activating group) is 1. The van der Waals surface area contributed by atoms with Gasteiger partial charge in [-0.15, -0.1) is 0 Å². The molecule has 0 aliphatic heterocycles. The summed E-state index contributed by atoms with van der Waals surface area (Å²) < 4.78 is 0. The molecule has 5 nitrogen and oxygen atoms in total. The number of hydrogen-bond acceptors (Lipinski definition) is 2. The normalized spacial score (nSPS) is 28.1. The van der Waals surface area contributed by atoms with Crippen molar-refractivity contribution in [3.05, 3.63) is 35.9 Å². The van der Waals surface area contributed by atoms with Crippen LogP contribution in [0.3, 0.4) is 0 Å². The lowest BCUT2D eigenvalue weighted by Crippen LogP contribution is -2.89. The van der Waals surface area contributed by atoms with Crippen molar-refractivity contribution in [2.45, 2.75) is 70.5 Å². The van der Waals surface area contributed by atoms with Gasteiger partial charge >= 0.3 is 0 Å². The Bertz CT molecular complexity index is 645. The zero-order valence-corrected chi connectivity index (χ0v) is 17.3. The van der Waals surface area contributed by atoms with Gasteiger partial charge < -0.3 is 16.0 Å². The van der Waals surface area contributed by atoms with Gasteiger partial charge in [0.2, 0.25) is 5.91 Å². The molecule has 1 aromatic rings. The second kappa shape index (κ2) is 10.1. The van der Waals surface area contributed by atoms with Gasteiger partial charge in [-0.1, -0.05) is 50.1 Å². The largest absolute Gasteiger partial charge is 0.352 e. The summed E-state index contributed by atoms with van der Waals surface area (Å²) in [5, 5.41) is 8.43. The highest BCUT2D eigenvalue weighted by molar-refractivity contribution is 5.80. The van der Waals surface area contributed by atoms with Crippen LogP contribution in [0, 0.1) is 17.8 Å². The van der Waals surface area contributed by atoms with Crippen molar-refractivity contribution in [3.8, 4) is 0 Å². The number of nitrogens with two attached hydrogens (primary N) is 1. The molecule has 0 aromatic heterocycles. The van der Waals surface area contributed by atoms with E-state index in [2.05, 4.69) is 17.6 Å². The summed E-state index contributed by atoms with van der Waals surface area (Å²) in [7, 11) is 1.96. The number of carbonyl (C=O) groups excluding carboxylic acids is 2. The zero-order valence-electron chi connectivity index (χ0n) is 17.3. The van der Waals surface area contributed by atoms with Crippen LogP contribution >= 0.6 is 0 Å². The summed E-state index contributed by atoms with van der Waals surface area (Å²) in [6, 6.07) is 10.3. The molecule has 2 saturated carbocycles. The van der Waals surface area contributed by atoms with Gasteiger partial charge in [-0.2, -0.15) is 0 Å². The molecule has 0 spiro atoms. The van der Waals surface area contributed by atoms with Crippen molar-refractivity contribution in [2.24, 2.45) is 17.8 Å². The first-order chi connectivity index (χ1) is 13.6. The van der Waals surface area contributed by atoms with Gasteiger partial charge in [0.05, 0.1) is 7.05 Å². The molecule has 0 radical (unpaired) electrons. The van der Waals surface area contributed by atoms with Crippen LogP contribution < -0.4 is 16.0 Å². The second-order valence-corrected chi connectivity index (χ2v) is 8.53. The van der Waals surface area contributed by atoms with E-state index in [1.807, 2.05) is 42.7 Å². The molecule has 2 aliphatic carbocycles. The van der Waals surface area contributed by atoms with Crippen LogP contribution in [0.1, 0.15) is 57.4 Å². The second-order valence-electron chi connectivity index (χ2n) is 8.53. The molecular weight excluding hydrogens is 350 g/mol. The topological polar surface area (TPSA) is 74.8 Å². The number of benzene rings is 1. The van der Waals surface area contributed by atoms with Crippen molar-refractivity contribution in [3.63, 3.8) is 0 Å². The Morgan fingerprint density at radius 2 is 1.93 bits per heavy atom. The van der Waals surface area contributed by atoms with E-state index in [9.17, 15) is 9.59 Å². The minimum atomic E-state index is -0.00686. The fraction of sp³-hybridized carbons (Fsp3) is 0.652. The van der Waals surface area contributed by atoms with Gasteiger partial charge in [0.1, 0.15) is 0 Å². The van der Waals surface area contributed by atoms with Crippen molar-refractivity contribution in [1.29, 1.82) is 0 Å². The molecule has 0 bridgehead atoms. The minimum Gasteiger partial charge on any atom is -0.352 e. The molecular formula is C23H36N3O2+. The maximum absolute atomic E-state index is 12.9. The molecule has 1 aromatic carbocycles. The fourth-order valence-corrected chi connectivity index (χ4v) is 5.19. The predicted molar refractivity (Wildman–Crippen MR) is 110 cm³/mol. The van der Waals surface area contributed by atoms with Crippen molar-refractivity contribution in [2.75, 3.05) is 7.05 Å². The Kier molecular flexibility index (Phi) is 7.49. The maximum Gasteiger partial charge on any atom is 0.278 e. The number of fused-ring (bicyclic) bond motifs is 1. The third kappa shape index (κ3) is 5.13. The molecule has 28 heavy (non-hydrogen) atoms. The van der Waals surface area contributed by atoms with E-state index >= 15 is 0 Å². The summed E-state index contributed by atoms with van der Waals surface area (Å²) in [6.45, 7) is 2.65. The van der Waals surface area contributed by atoms with Crippen LogP contribution in [0.4, 0.5) is 0 Å². The van der Waals surface area contributed by atoms with Crippen molar-refractivity contribution in [1.82, 2.24) is 10.6 Å². The lowest BCUT2D eigenvalue weighted by Gasteiger charge is -2.26. The molecule has 5 unspecified atom stereocenters. The third-order valence-electron chi connectivity index (χ3n) is 6.83. The number of hydrogen-bond donors (Lipinski definition) is 3. The van der Waals surface area contributed by atoms with E-state index < -0.39 is 0 Å². The zero-order chi connectivity index (χ0) is 19.9. The fourth-order valence-electron chi connectivity index (χ4n) is 5.19. The van der Waals surface area contributed by atoms with E-state index in [-0.39, 0.29) is 29.8 Å². The van der Waals surface area contributed by atoms with Crippen LogP contribution in [-0.4, -0.2) is 30.9 Å². The summed E-state index contributed by atoms with van der Waals surface area (Å²) >= 11 is 0. The lowest BCUT2D eigenvalue weighted by molar-refractivity contribution is -0.650. The first-order valence-corrected chi connectivity index (χ1v) is 11.0. The van der Waals surface area contributed by atoms with Gasteiger partial charge in [-0.3, -0.25) is 9.59 Å². The standard InChI is InChI=1S/C23H35N3O2/c1-3-21(24-2)23(28)26-18-11-7-10-17-12-13-19(20(17)14-18)22(27)25-15-16-8-5-4-6-9-16/h4-6,8-9,17-21,24H,3,7,10-15H2,1-2H3,(H,25,27)(H,26,28)/p+1. The molecule has 0 heterocycles. The minimum absolute atomic E-state index is 0.00686. The maximum atomic E-state index is 12.9. The summed E-state index contributed by atoms with van der Waals surface area (Å²) in [5.41, 5.74) is 1.14. The smallest absolute Gasteiger partial charge is 0.278 e. The molecule has 2 fully saturated rings. The van der Waals surface area contributed by atoms with E-state index in [1.54, 1.807) is 0 Å². The number of nitrogens with one attached hydrogen (secondary N) is 2. The molecule has 5 heteroatoms. The average Bonchev–Trinajstić information content (AvgIpc) is 2.99. The summed E-state index contributed by atoms with van der Waals surface area (Å²) in [4.78, 5) is 25.4. The molecule has 2 amide bonds. The van der Waals surface area contributed by atoms with Crippen LogP contribution in [0.2, 0.25) is 0 Å². The first-order valence-electron chi connectivity index (χ1n) is 11.0. The van der Waals surface area contributed by atoms with Gasteiger partial charge in [0, 0.05) is 24.9 Å². The molecule has 154 valence electrons. The van der Waals surface area contributed by atoms with E-state index in [0.717, 1.165) is 44.1 Å². The highest BCUT2D eigenvalue weighted by atomic mass is 16.2. The summed E-state index contributed by atoms with van der Waals surface area (Å²) in [6.07, 6.45) is 7.29. The molecule has 3 rings (SSSR count). The third-order valence-corrected chi connectivity index (χ3v) is 6.83.